The monoisotopic (exact) mass is 394 g/mol. The van der Waals surface area contributed by atoms with Gasteiger partial charge in [0.1, 0.15) is 0 Å². The van der Waals surface area contributed by atoms with E-state index in [0.29, 0.717) is 23.4 Å². The Hall–Kier alpha value is -2.04. The maximum Gasteiger partial charge on any atom is 0.321 e. The summed E-state index contributed by atoms with van der Waals surface area (Å²) >= 11 is 2.89. The van der Waals surface area contributed by atoms with E-state index in [0.717, 1.165) is 29.2 Å². The van der Waals surface area contributed by atoms with Gasteiger partial charge in [-0.15, -0.1) is 22.7 Å². The Bertz CT molecular complexity index is 801. The molecule has 3 heterocycles. The number of hydrogen-bond donors (Lipinski definition) is 3. The SMILES string of the molecule is Cc1csc(NC(=O)CN2CCc3nc(NC(=O)NC(C)C)sc3C2)n1. The number of carbonyl (C=O) groups excluding carboxylic acids is 2. The molecule has 2 aromatic rings. The molecule has 3 amide bonds. The Kier molecular flexibility index (Phi) is 5.84. The lowest BCUT2D eigenvalue weighted by Gasteiger charge is -2.24. The summed E-state index contributed by atoms with van der Waals surface area (Å²) in [7, 11) is 0. The van der Waals surface area contributed by atoms with Crippen molar-refractivity contribution in [2.24, 2.45) is 0 Å². The van der Waals surface area contributed by atoms with Crippen molar-refractivity contribution in [2.75, 3.05) is 23.7 Å². The van der Waals surface area contributed by atoms with Crippen LogP contribution in [0.4, 0.5) is 15.1 Å². The molecule has 2 aromatic heterocycles. The summed E-state index contributed by atoms with van der Waals surface area (Å²) in [6.45, 7) is 7.44. The average molecular weight is 395 g/mol. The third-order valence-electron chi connectivity index (χ3n) is 3.68. The van der Waals surface area contributed by atoms with E-state index in [1.165, 1.54) is 22.7 Å². The minimum atomic E-state index is -0.249. The summed E-state index contributed by atoms with van der Waals surface area (Å²) in [6, 6.07) is -0.179. The van der Waals surface area contributed by atoms with Crippen LogP contribution in [-0.4, -0.2) is 45.9 Å². The van der Waals surface area contributed by atoms with Crippen molar-refractivity contribution < 1.29 is 9.59 Å². The molecule has 1 aliphatic heterocycles. The van der Waals surface area contributed by atoms with E-state index in [-0.39, 0.29) is 18.0 Å². The minimum absolute atomic E-state index is 0.0676. The number of aromatic nitrogens is 2. The number of carbonyl (C=O) groups is 2. The van der Waals surface area contributed by atoms with E-state index >= 15 is 0 Å². The molecule has 0 aromatic carbocycles. The number of thiazole rings is 2. The number of rotatable bonds is 5. The van der Waals surface area contributed by atoms with Gasteiger partial charge in [-0.25, -0.2) is 14.8 Å². The maximum absolute atomic E-state index is 12.2. The van der Waals surface area contributed by atoms with Gasteiger partial charge in [0.2, 0.25) is 5.91 Å². The van der Waals surface area contributed by atoms with Crippen molar-refractivity contribution in [3.8, 4) is 0 Å². The maximum atomic E-state index is 12.2. The lowest BCUT2D eigenvalue weighted by molar-refractivity contribution is -0.117. The second-order valence-electron chi connectivity index (χ2n) is 6.44. The fourth-order valence-corrected chi connectivity index (χ4v) is 4.36. The van der Waals surface area contributed by atoms with Crippen LogP contribution < -0.4 is 16.0 Å². The molecule has 140 valence electrons. The number of hydrogen-bond acceptors (Lipinski definition) is 7. The molecule has 8 nitrogen and oxygen atoms in total. The molecule has 26 heavy (non-hydrogen) atoms. The minimum Gasteiger partial charge on any atom is -0.336 e. The van der Waals surface area contributed by atoms with Crippen LogP contribution in [0.25, 0.3) is 0 Å². The van der Waals surface area contributed by atoms with Gasteiger partial charge in [0.15, 0.2) is 10.3 Å². The van der Waals surface area contributed by atoms with Gasteiger partial charge < -0.3 is 10.6 Å². The first-order valence-electron chi connectivity index (χ1n) is 8.39. The van der Waals surface area contributed by atoms with E-state index < -0.39 is 0 Å². The predicted molar refractivity (Wildman–Crippen MR) is 104 cm³/mol. The highest BCUT2D eigenvalue weighted by molar-refractivity contribution is 7.15. The molecule has 3 rings (SSSR count). The quantitative estimate of drug-likeness (QED) is 0.723. The molecule has 0 fully saturated rings. The molecular formula is C16H22N6O2S2. The fourth-order valence-electron chi connectivity index (χ4n) is 2.61. The predicted octanol–water partition coefficient (Wildman–Crippen LogP) is 2.43. The highest BCUT2D eigenvalue weighted by Crippen LogP contribution is 2.28. The molecule has 3 N–H and O–H groups in total. The Balaban J connectivity index is 1.54. The molecular weight excluding hydrogens is 372 g/mol. The van der Waals surface area contributed by atoms with E-state index in [1.54, 1.807) is 0 Å². The molecule has 0 aliphatic carbocycles. The molecule has 0 saturated heterocycles. The van der Waals surface area contributed by atoms with Crippen molar-refractivity contribution in [3.05, 3.63) is 21.6 Å². The van der Waals surface area contributed by atoms with Gasteiger partial charge in [0.25, 0.3) is 0 Å². The van der Waals surface area contributed by atoms with Crippen LogP contribution in [0.1, 0.15) is 30.1 Å². The molecule has 0 saturated carbocycles. The van der Waals surface area contributed by atoms with Crippen LogP contribution in [0.2, 0.25) is 0 Å². The van der Waals surface area contributed by atoms with Crippen molar-refractivity contribution in [1.82, 2.24) is 20.2 Å². The zero-order valence-electron chi connectivity index (χ0n) is 15.0. The number of amides is 3. The zero-order chi connectivity index (χ0) is 18.7. The normalized spacial score (nSPS) is 14.2. The molecule has 0 unspecified atom stereocenters. The van der Waals surface area contributed by atoms with Crippen molar-refractivity contribution in [1.29, 1.82) is 0 Å². The summed E-state index contributed by atoms with van der Waals surface area (Å²) < 4.78 is 0. The van der Waals surface area contributed by atoms with Crippen LogP contribution >= 0.6 is 22.7 Å². The van der Waals surface area contributed by atoms with Gasteiger partial charge in [-0.1, -0.05) is 0 Å². The van der Waals surface area contributed by atoms with Gasteiger partial charge in [0.05, 0.1) is 17.9 Å². The van der Waals surface area contributed by atoms with Crippen LogP contribution in [0, 0.1) is 6.92 Å². The molecule has 0 spiro atoms. The molecule has 0 radical (unpaired) electrons. The lowest BCUT2D eigenvalue weighted by Crippen LogP contribution is -2.36. The highest BCUT2D eigenvalue weighted by atomic mass is 32.1. The first kappa shape index (κ1) is 18.7. The zero-order valence-corrected chi connectivity index (χ0v) is 16.6. The smallest absolute Gasteiger partial charge is 0.321 e. The molecule has 0 bridgehead atoms. The van der Waals surface area contributed by atoms with E-state index in [4.69, 9.17) is 0 Å². The largest absolute Gasteiger partial charge is 0.336 e. The number of anilines is 2. The Morgan fingerprint density at radius 2 is 2.08 bits per heavy atom. The van der Waals surface area contributed by atoms with Gasteiger partial charge in [0, 0.05) is 35.8 Å². The highest BCUT2D eigenvalue weighted by Gasteiger charge is 2.23. The van der Waals surface area contributed by atoms with Gasteiger partial charge >= 0.3 is 6.03 Å². The van der Waals surface area contributed by atoms with E-state index in [1.807, 2.05) is 26.2 Å². The van der Waals surface area contributed by atoms with Crippen molar-refractivity contribution in [2.45, 2.75) is 39.8 Å². The summed E-state index contributed by atoms with van der Waals surface area (Å²) in [5.41, 5.74) is 1.90. The van der Waals surface area contributed by atoms with Crippen molar-refractivity contribution >= 4 is 44.9 Å². The third-order valence-corrected chi connectivity index (χ3v) is 5.56. The van der Waals surface area contributed by atoms with E-state index in [2.05, 4.69) is 30.8 Å². The molecule has 1 aliphatic rings. The summed E-state index contributed by atoms with van der Waals surface area (Å²) in [5, 5.41) is 11.5. The second kappa shape index (κ2) is 8.11. The number of nitrogens with zero attached hydrogens (tertiary/aromatic N) is 3. The first-order valence-corrected chi connectivity index (χ1v) is 10.1. The van der Waals surface area contributed by atoms with Gasteiger partial charge in [-0.05, 0) is 20.8 Å². The topological polar surface area (TPSA) is 99.3 Å². The van der Waals surface area contributed by atoms with E-state index in [9.17, 15) is 9.59 Å². The first-order chi connectivity index (χ1) is 12.4. The number of nitrogens with one attached hydrogen (secondary N) is 3. The summed E-state index contributed by atoms with van der Waals surface area (Å²) in [6.07, 6.45) is 0.767. The Morgan fingerprint density at radius 3 is 2.77 bits per heavy atom. The average Bonchev–Trinajstić information content (AvgIpc) is 3.11. The van der Waals surface area contributed by atoms with Crippen LogP contribution in [0.5, 0.6) is 0 Å². The lowest BCUT2D eigenvalue weighted by atomic mass is 10.2. The standard InChI is InChI=1S/C16H22N6O2S2/c1-9(2)17-14(24)21-16-19-11-4-5-22(6-12(11)26-16)7-13(23)20-15-18-10(3)8-25-15/h8-9H,4-7H2,1-3H3,(H,18,20,23)(H2,17,19,21,24). The molecule has 0 atom stereocenters. The Labute approximate surface area is 160 Å². The van der Waals surface area contributed by atoms with Crippen LogP contribution in [-0.2, 0) is 17.8 Å². The number of urea groups is 1. The third kappa shape index (κ3) is 4.99. The van der Waals surface area contributed by atoms with Gasteiger partial charge in [-0.2, -0.15) is 0 Å². The van der Waals surface area contributed by atoms with Crippen molar-refractivity contribution in [3.63, 3.8) is 0 Å². The van der Waals surface area contributed by atoms with Gasteiger partial charge in [-0.3, -0.25) is 15.0 Å². The summed E-state index contributed by atoms with van der Waals surface area (Å²) in [5.74, 6) is -0.0676. The van der Waals surface area contributed by atoms with Crippen LogP contribution in [0.15, 0.2) is 5.38 Å². The number of fused-ring (bicyclic) bond motifs is 1. The van der Waals surface area contributed by atoms with Crippen LogP contribution in [0.3, 0.4) is 0 Å². The Morgan fingerprint density at radius 1 is 1.27 bits per heavy atom. The number of aryl methyl sites for hydroxylation is 1. The molecule has 10 heteroatoms. The fraction of sp³-hybridized carbons (Fsp3) is 0.500. The summed E-state index contributed by atoms with van der Waals surface area (Å²) in [4.78, 5) is 35.9. The second-order valence-corrected chi connectivity index (χ2v) is 8.39.